The van der Waals surface area contributed by atoms with Crippen molar-refractivity contribution in [3.63, 3.8) is 0 Å². The van der Waals surface area contributed by atoms with Gasteiger partial charge in [-0.25, -0.2) is 5.90 Å². The van der Waals surface area contributed by atoms with Crippen LogP contribution in [0.25, 0.3) is 0 Å². The van der Waals surface area contributed by atoms with Crippen LogP contribution in [0, 0.1) is 0 Å². The molecule has 17 heavy (non-hydrogen) atoms. The molecule has 0 saturated carbocycles. The normalized spacial score (nSPS) is 16.5. The highest BCUT2D eigenvalue weighted by atomic mass is 16.6. The molecule has 94 valence electrons. The van der Waals surface area contributed by atoms with E-state index in [0.29, 0.717) is 6.61 Å². The molecule has 1 aliphatic rings. The van der Waals surface area contributed by atoms with Crippen LogP contribution in [-0.4, -0.2) is 31.1 Å². The summed E-state index contributed by atoms with van der Waals surface area (Å²) < 4.78 is 0. The van der Waals surface area contributed by atoms with Crippen molar-refractivity contribution in [1.29, 1.82) is 0 Å². The van der Waals surface area contributed by atoms with E-state index < -0.39 is 0 Å². The second-order valence-corrected chi connectivity index (χ2v) is 4.74. The predicted molar refractivity (Wildman–Crippen MR) is 69.7 cm³/mol. The van der Waals surface area contributed by atoms with Crippen LogP contribution in [0.3, 0.4) is 0 Å². The minimum absolute atomic E-state index is 0.590. The zero-order chi connectivity index (χ0) is 11.9. The third-order valence-electron chi connectivity index (χ3n) is 3.45. The lowest BCUT2D eigenvalue weighted by Gasteiger charge is -2.14. The summed E-state index contributed by atoms with van der Waals surface area (Å²) in [5, 5.41) is 0. The van der Waals surface area contributed by atoms with Gasteiger partial charge in [-0.05, 0) is 49.9 Å². The van der Waals surface area contributed by atoms with Crippen molar-refractivity contribution < 1.29 is 4.84 Å². The maximum atomic E-state index is 5.02. The topological polar surface area (TPSA) is 38.5 Å². The van der Waals surface area contributed by atoms with Crippen LogP contribution in [0.4, 0.5) is 0 Å². The quantitative estimate of drug-likeness (QED) is 0.762. The molecular weight excluding hydrogens is 212 g/mol. The Morgan fingerprint density at radius 2 is 1.59 bits per heavy atom. The average Bonchev–Trinajstić information content (AvgIpc) is 2.88. The Hall–Kier alpha value is -0.900. The number of rotatable bonds is 6. The number of benzene rings is 1. The van der Waals surface area contributed by atoms with Gasteiger partial charge in [0.15, 0.2) is 0 Å². The van der Waals surface area contributed by atoms with E-state index in [9.17, 15) is 0 Å². The maximum Gasteiger partial charge on any atom is 0.0719 e. The molecule has 1 saturated heterocycles. The molecule has 0 bridgehead atoms. The molecule has 0 radical (unpaired) electrons. The molecule has 0 amide bonds. The zero-order valence-electron chi connectivity index (χ0n) is 10.4. The monoisotopic (exact) mass is 234 g/mol. The molecule has 3 heteroatoms. The van der Waals surface area contributed by atoms with Crippen LogP contribution in [-0.2, 0) is 17.7 Å². The fraction of sp³-hybridized carbons (Fsp3) is 0.571. The van der Waals surface area contributed by atoms with Gasteiger partial charge in [-0.1, -0.05) is 24.3 Å². The largest absolute Gasteiger partial charge is 0.304 e. The molecule has 0 unspecified atom stereocenters. The van der Waals surface area contributed by atoms with Gasteiger partial charge in [-0.3, -0.25) is 0 Å². The van der Waals surface area contributed by atoms with Gasteiger partial charge >= 0.3 is 0 Å². The van der Waals surface area contributed by atoms with Crippen LogP contribution in [0.5, 0.6) is 0 Å². The lowest BCUT2D eigenvalue weighted by Crippen LogP contribution is -2.21. The number of nitrogens with zero attached hydrogens (tertiary/aromatic N) is 1. The summed E-state index contributed by atoms with van der Waals surface area (Å²) in [6.45, 7) is 4.36. The van der Waals surface area contributed by atoms with Gasteiger partial charge in [0.2, 0.25) is 0 Å². The predicted octanol–water partition coefficient (Wildman–Crippen LogP) is 1.76. The lowest BCUT2D eigenvalue weighted by atomic mass is 10.1. The molecule has 0 aromatic heterocycles. The highest BCUT2D eigenvalue weighted by Crippen LogP contribution is 2.10. The summed E-state index contributed by atoms with van der Waals surface area (Å²) in [6, 6.07) is 8.81. The molecule has 2 N–H and O–H groups in total. The molecule has 1 fully saturated rings. The van der Waals surface area contributed by atoms with Crippen molar-refractivity contribution in [1.82, 2.24) is 4.90 Å². The molecule has 1 aromatic carbocycles. The van der Waals surface area contributed by atoms with E-state index in [1.54, 1.807) is 0 Å². The van der Waals surface area contributed by atoms with Crippen molar-refractivity contribution in [2.45, 2.75) is 25.7 Å². The van der Waals surface area contributed by atoms with Gasteiger partial charge in [0.25, 0.3) is 0 Å². The Kier molecular flexibility index (Phi) is 4.98. The molecule has 1 aromatic rings. The van der Waals surface area contributed by atoms with Gasteiger partial charge < -0.3 is 9.74 Å². The first kappa shape index (κ1) is 12.6. The van der Waals surface area contributed by atoms with Crippen molar-refractivity contribution in [3.05, 3.63) is 35.4 Å². The summed E-state index contributed by atoms with van der Waals surface area (Å²) in [4.78, 5) is 7.14. The number of hydrogen-bond acceptors (Lipinski definition) is 3. The first-order valence-corrected chi connectivity index (χ1v) is 6.50. The number of hydrogen-bond donors (Lipinski definition) is 1. The molecule has 0 atom stereocenters. The second kappa shape index (κ2) is 6.74. The summed E-state index contributed by atoms with van der Waals surface area (Å²) in [6.07, 6.45) is 4.80. The summed E-state index contributed by atoms with van der Waals surface area (Å²) in [7, 11) is 0. The Balaban J connectivity index is 1.76. The Morgan fingerprint density at radius 3 is 2.18 bits per heavy atom. The van der Waals surface area contributed by atoms with Gasteiger partial charge in [-0.2, -0.15) is 0 Å². The first-order valence-electron chi connectivity index (χ1n) is 6.50. The van der Waals surface area contributed by atoms with Crippen LogP contribution in [0.2, 0.25) is 0 Å². The molecule has 0 aliphatic carbocycles. The molecule has 3 nitrogen and oxygen atoms in total. The smallest absolute Gasteiger partial charge is 0.0719 e. The molecular formula is C14H22N2O. The third-order valence-corrected chi connectivity index (χ3v) is 3.45. The van der Waals surface area contributed by atoms with Gasteiger partial charge in [0, 0.05) is 6.54 Å². The summed E-state index contributed by atoms with van der Waals surface area (Å²) in [5.74, 6) is 5.02. The van der Waals surface area contributed by atoms with E-state index in [2.05, 4.69) is 34.0 Å². The van der Waals surface area contributed by atoms with Gasteiger partial charge in [0.05, 0.1) is 6.61 Å². The van der Waals surface area contributed by atoms with E-state index in [4.69, 9.17) is 5.90 Å². The number of likely N-dealkylation sites (tertiary alicyclic amines) is 1. The lowest BCUT2D eigenvalue weighted by molar-refractivity contribution is 0.141. The van der Waals surface area contributed by atoms with Crippen LogP contribution >= 0.6 is 0 Å². The zero-order valence-corrected chi connectivity index (χ0v) is 10.4. The first-order chi connectivity index (χ1) is 8.38. The Labute approximate surface area is 104 Å². The van der Waals surface area contributed by atoms with Crippen molar-refractivity contribution in [3.8, 4) is 0 Å². The highest BCUT2D eigenvalue weighted by Gasteiger charge is 2.10. The van der Waals surface area contributed by atoms with Gasteiger partial charge in [0.1, 0.15) is 0 Å². The molecule has 1 heterocycles. The minimum Gasteiger partial charge on any atom is -0.304 e. The van der Waals surface area contributed by atoms with E-state index in [1.165, 1.54) is 43.6 Å². The molecule has 2 rings (SSSR count). The summed E-state index contributed by atoms with van der Waals surface area (Å²) in [5.41, 5.74) is 2.72. The summed E-state index contributed by atoms with van der Waals surface area (Å²) >= 11 is 0. The third kappa shape index (κ3) is 4.11. The fourth-order valence-electron chi connectivity index (χ4n) is 2.34. The fourth-order valence-corrected chi connectivity index (χ4v) is 2.34. The highest BCUT2D eigenvalue weighted by molar-refractivity contribution is 5.22. The second-order valence-electron chi connectivity index (χ2n) is 4.74. The van der Waals surface area contributed by atoms with Gasteiger partial charge in [-0.15, -0.1) is 0 Å². The molecule has 0 spiro atoms. The van der Waals surface area contributed by atoms with Crippen LogP contribution < -0.4 is 5.90 Å². The number of nitrogens with two attached hydrogens (primary N) is 1. The van der Waals surface area contributed by atoms with E-state index in [-0.39, 0.29) is 0 Å². The molecule has 1 aliphatic heterocycles. The maximum absolute atomic E-state index is 5.02. The minimum atomic E-state index is 0.590. The van der Waals surface area contributed by atoms with Crippen LogP contribution in [0.15, 0.2) is 24.3 Å². The average molecular weight is 234 g/mol. The Bertz CT molecular complexity index is 317. The SMILES string of the molecule is NOCCc1ccc(CCN2CCCC2)cc1. The van der Waals surface area contributed by atoms with Crippen molar-refractivity contribution in [2.24, 2.45) is 5.90 Å². The Morgan fingerprint density at radius 1 is 1.00 bits per heavy atom. The van der Waals surface area contributed by atoms with Crippen LogP contribution in [0.1, 0.15) is 24.0 Å². The van der Waals surface area contributed by atoms with E-state index >= 15 is 0 Å². The van der Waals surface area contributed by atoms with E-state index in [1.807, 2.05) is 0 Å². The standard InChI is InChI=1S/C14H22N2O/c15-17-12-8-14-5-3-13(4-6-14)7-11-16-9-1-2-10-16/h3-6H,1-2,7-12,15H2. The van der Waals surface area contributed by atoms with Crippen molar-refractivity contribution in [2.75, 3.05) is 26.2 Å². The van der Waals surface area contributed by atoms with Crippen molar-refractivity contribution >= 4 is 0 Å². The van der Waals surface area contributed by atoms with E-state index in [0.717, 1.165) is 12.8 Å².